The van der Waals surface area contributed by atoms with Crippen LogP contribution in [0.2, 0.25) is 0 Å². The van der Waals surface area contributed by atoms with Gasteiger partial charge in [0, 0.05) is 24.9 Å². The molecule has 0 aliphatic heterocycles. The third-order valence-corrected chi connectivity index (χ3v) is 3.78. The van der Waals surface area contributed by atoms with Crippen LogP contribution >= 0.6 is 0 Å². The molecule has 1 amide bonds. The molecule has 1 heterocycles. The second kappa shape index (κ2) is 7.00. The van der Waals surface area contributed by atoms with Crippen LogP contribution in [-0.4, -0.2) is 29.8 Å². The summed E-state index contributed by atoms with van der Waals surface area (Å²) in [5.74, 6) is 0.226. The Balaban J connectivity index is 2.16. The summed E-state index contributed by atoms with van der Waals surface area (Å²) in [6, 6.07) is 16.6. The van der Waals surface area contributed by atoms with E-state index in [0.717, 1.165) is 22.6 Å². The van der Waals surface area contributed by atoms with Gasteiger partial charge in [0.25, 0.3) is 5.91 Å². The highest BCUT2D eigenvalue weighted by Gasteiger charge is 2.13. The van der Waals surface area contributed by atoms with Crippen LogP contribution in [0.25, 0.3) is 16.8 Å². The molecular formula is C19H17N3O3. The van der Waals surface area contributed by atoms with Gasteiger partial charge in [0.05, 0.1) is 12.8 Å². The highest BCUT2D eigenvalue weighted by molar-refractivity contribution is 5.91. The van der Waals surface area contributed by atoms with Gasteiger partial charge in [0.15, 0.2) is 5.69 Å². The number of hydrogen-bond acceptors (Lipinski definition) is 4. The van der Waals surface area contributed by atoms with Gasteiger partial charge in [-0.05, 0) is 23.8 Å². The lowest BCUT2D eigenvalue weighted by molar-refractivity contribution is 0.0955. The Hall–Kier alpha value is -3.41. The predicted molar refractivity (Wildman–Crippen MR) is 95.2 cm³/mol. The number of nitrogens with one attached hydrogen (secondary N) is 1. The van der Waals surface area contributed by atoms with E-state index >= 15 is 0 Å². The van der Waals surface area contributed by atoms with Crippen molar-refractivity contribution in [2.75, 3.05) is 14.2 Å². The van der Waals surface area contributed by atoms with Crippen molar-refractivity contribution in [2.24, 2.45) is 0 Å². The molecule has 0 radical (unpaired) electrons. The molecule has 126 valence electrons. The molecular weight excluding hydrogens is 318 g/mol. The first-order valence-electron chi connectivity index (χ1n) is 7.70. The minimum Gasteiger partial charge on any atom is -0.497 e. The number of amides is 1. The quantitative estimate of drug-likeness (QED) is 0.794. The van der Waals surface area contributed by atoms with E-state index in [2.05, 4.69) is 10.4 Å². The largest absolute Gasteiger partial charge is 0.497 e. The number of aromatic nitrogens is 2. The van der Waals surface area contributed by atoms with Crippen LogP contribution in [0.1, 0.15) is 10.5 Å². The van der Waals surface area contributed by atoms with Crippen LogP contribution in [0.15, 0.2) is 65.6 Å². The topological polar surface area (TPSA) is 73.2 Å². The second-order valence-corrected chi connectivity index (χ2v) is 5.30. The van der Waals surface area contributed by atoms with Crippen molar-refractivity contribution in [3.8, 4) is 22.6 Å². The Kier molecular flexibility index (Phi) is 4.61. The van der Waals surface area contributed by atoms with E-state index in [0.29, 0.717) is 0 Å². The van der Waals surface area contributed by atoms with Crippen molar-refractivity contribution in [2.45, 2.75) is 0 Å². The summed E-state index contributed by atoms with van der Waals surface area (Å²) in [6.07, 6.45) is 1.55. The van der Waals surface area contributed by atoms with Crippen LogP contribution in [0.4, 0.5) is 0 Å². The molecule has 0 aliphatic carbocycles. The normalized spacial score (nSPS) is 10.3. The molecule has 0 saturated carbocycles. The Morgan fingerprint density at radius 3 is 2.68 bits per heavy atom. The first kappa shape index (κ1) is 16.4. The highest BCUT2D eigenvalue weighted by atomic mass is 16.5. The maximum atomic E-state index is 11.9. The van der Waals surface area contributed by atoms with E-state index < -0.39 is 11.3 Å². The summed E-state index contributed by atoms with van der Waals surface area (Å²) in [5, 5.41) is 6.63. The van der Waals surface area contributed by atoms with Crippen molar-refractivity contribution in [1.29, 1.82) is 0 Å². The molecule has 1 aromatic heterocycles. The first-order chi connectivity index (χ1) is 12.1. The minimum absolute atomic E-state index is 0.148. The zero-order valence-electron chi connectivity index (χ0n) is 13.9. The maximum absolute atomic E-state index is 11.9. The fraction of sp³-hybridized carbons (Fsp3) is 0.105. The Labute approximate surface area is 144 Å². The van der Waals surface area contributed by atoms with Gasteiger partial charge < -0.3 is 10.1 Å². The van der Waals surface area contributed by atoms with Gasteiger partial charge in [-0.1, -0.05) is 30.3 Å². The fourth-order valence-electron chi connectivity index (χ4n) is 2.53. The van der Waals surface area contributed by atoms with Crippen molar-refractivity contribution in [3.05, 3.63) is 76.7 Å². The standard InChI is InChI=1S/C19H17N3O3/c1-20-19(24)18-17(23)10-11-22(21-18)16-9-4-3-8-15(16)13-6-5-7-14(12-13)25-2/h3-12H,1-2H3,(H,20,24). The lowest BCUT2D eigenvalue weighted by Crippen LogP contribution is -2.28. The summed E-state index contributed by atoms with van der Waals surface area (Å²) in [4.78, 5) is 23.7. The highest BCUT2D eigenvalue weighted by Crippen LogP contribution is 2.28. The van der Waals surface area contributed by atoms with Crippen molar-refractivity contribution in [3.63, 3.8) is 0 Å². The second-order valence-electron chi connectivity index (χ2n) is 5.30. The van der Waals surface area contributed by atoms with Gasteiger partial charge in [-0.25, -0.2) is 4.68 Å². The number of ether oxygens (including phenoxy) is 1. The van der Waals surface area contributed by atoms with Crippen molar-refractivity contribution >= 4 is 5.91 Å². The molecule has 0 bridgehead atoms. The number of para-hydroxylation sites is 1. The van der Waals surface area contributed by atoms with E-state index in [1.807, 2.05) is 48.5 Å². The molecule has 0 atom stereocenters. The lowest BCUT2D eigenvalue weighted by Gasteiger charge is -2.13. The number of benzene rings is 2. The summed E-state index contributed by atoms with van der Waals surface area (Å²) in [5.41, 5.74) is 2.03. The summed E-state index contributed by atoms with van der Waals surface area (Å²) < 4.78 is 6.81. The SMILES string of the molecule is CNC(=O)c1nn(-c2ccccc2-c2cccc(OC)c2)ccc1=O. The van der Waals surface area contributed by atoms with Crippen LogP contribution in [-0.2, 0) is 0 Å². The summed E-state index contributed by atoms with van der Waals surface area (Å²) >= 11 is 0. The maximum Gasteiger partial charge on any atom is 0.275 e. The van der Waals surface area contributed by atoms with Crippen LogP contribution in [0.3, 0.4) is 0 Å². The number of rotatable bonds is 4. The molecule has 0 aliphatic rings. The first-order valence-corrected chi connectivity index (χ1v) is 7.70. The number of hydrogen-bond donors (Lipinski definition) is 1. The third-order valence-electron chi connectivity index (χ3n) is 3.78. The Bertz CT molecular complexity index is 979. The monoisotopic (exact) mass is 335 g/mol. The van der Waals surface area contributed by atoms with E-state index in [-0.39, 0.29) is 5.69 Å². The number of carbonyl (C=O) groups excluding carboxylic acids is 1. The lowest BCUT2D eigenvalue weighted by atomic mass is 10.0. The minimum atomic E-state index is -0.516. The molecule has 0 spiro atoms. The molecule has 3 rings (SSSR count). The van der Waals surface area contributed by atoms with E-state index in [1.54, 1.807) is 13.3 Å². The molecule has 25 heavy (non-hydrogen) atoms. The molecule has 0 saturated heterocycles. The van der Waals surface area contributed by atoms with Gasteiger partial charge in [-0.3, -0.25) is 9.59 Å². The van der Waals surface area contributed by atoms with Crippen LogP contribution in [0, 0.1) is 0 Å². The molecule has 3 aromatic rings. The van der Waals surface area contributed by atoms with E-state index in [1.165, 1.54) is 17.8 Å². The average molecular weight is 335 g/mol. The third kappa shape index (κ3) is 3.28. The zero-order valence-corrected chi connectivity index (χ0v) is 13.9. The number of carbonyl (C=O) groups is 1. The zero-order chi connectivity index (χ0) is 17.8. The van der Waals surface area contributed by atoms with Gasteiger partial charge in [0.1, 0.15) is 5.75 Å². The molecule has 2 aromatic carbocycles. The van der Waals surface area contributed by atoms with Crippen LogP contribution < -0.4 is 15.5 Å². The summed E-state index contributed by atoms with van der Waals surface area (Å²) in [6.45, 7) is 0. The van der Waals surface area contributed by atoms with Gasteiger partial charge in [-0.15, -0.1) is 0 Å². The summed E-state index contributed by atoms with van der Waals surface area (Å²) in [7, 11) is 3.08. The van der Waals surface area contributed by atoms with Gasteiger partial charge in [-0.2, -0.15) is 5.10 Å². The van der Waals surface area contributed by atoms with Gasteiger partial charge >= 0.3 is 0 Å². The molecule has 0 fully saturated rings. The van der Waals surface area contributed by atoms with Crippen molar-refractivity contribution < 1.29 is 9.53 Å². The molecule has 6 heteroatoms. The van der Waals surface area contributed by atoms with Crippen molar-refractivity contribution in [1.82, 2.24) is 15.1 Å². The average Bonchev–Trinajstić information content (AvgIpc) is 2.68. The Morgan fingerprint density at radius 1 is 1.12 bits per heavy atom. The predicted octanol–water partition coefficient (Wildman–Crippen LogP) is 2.27. The molecule has 6 nitrogen and oxygen atoms in total. The van der Waals surface area contributed by atoms with Crippen LogP contribution in [0.5, 0.6) is 5.75 Å². The smallest absolute Gasteiger partial charge is 0.275 e. The number of methoxy groups -OCH3 is 1. The van der Waals surface area contributed by atoms with E-state index in [4.69, 9.17) is 4.74 Å². The molecule has 1 N–H and O–H groups in total. The van der Waals surface area contributed by atoms with E-state index in [9.17, 15) is 9.59 Å². The number of nitrogens with zero attached hydrogens (tertiary/aromatic N) is 2. The Morgan fingerprint density at radius 2 is 1.92 bits per heavy atom. The van der Waals surface area contributed by atoms with Gasteiger partial charge in [0.2, 0.25) is 5.43 Å². The fourth-order valence-corrected chi connectivity index (χ4v) is 2.53. The molecule has 0 unspecified atom stereocenters.